The predicted molar refractivity (Wildman–Crippen MR) is 78.9 cm³/mol. The second kappa shape index (κ2) is 4.78. The van der Waals surface area contributed by atoms with Crippen LogP contribution in [0.5, 0.6) is 0 Å². The van der Waals surface area contributed by atoms with E-state index in [1.54, 1.807) is 18.2 Å². The molecule has 0 radical (unpaired) electrons. The van der Waals surface area contributed by atoms with Crippen molar-refractivity contribution in [3.63, 3.8) is 0 Å². The minimum atomic E-state index is -0.918. The Balaban J connectivity index is 2.21. The number of carboxylic acids is 1. The number of nitrogens with zero attached hydrogens (tertiary/aromatic N) is 1. The van der Waals surface area contributed by atoms with E-state index >= 15 is 0 Å². The van der Waals surface area contributed by atoms with Crippen LogP contribution < -0.4 is 0 Å². The van der Waals surface area contributed by atoms with Crippen LogP contribution in [0.25, 0.3) is 22.2 Å². The van der Waals surface area contributed by atoms with Crippen LogP contribution in [0.15, 0.2) is 54.6 Å². The maximum Gasteiger partial charge on any atom is 0.335 e. The Morgan fingerprint density at radius 2 is 1.80 bits per heavy atom. The van der Waals surface area contributed by atoms with Gasteiger partial charge in [-0.1, -0.05) is 30.3 Å². The minimum Gasteiger partial charge on any atom is -0.478 e. The van der Waals surface area contributed by atoms with Crippen molar-refractivity contribution in [3.8, 4) is 11.3 Å². The molecule has 3 nitrogen and oxygen atoms in total. The van der Waals surface area contributed by atoms with Crippen molar-refractivity contribution in [2.75, 3.05) is 0 Å². The molecule has 0 atom stereocenters. The molecule has 3 aromatic rings. The Morgan fingerprint density at radius 3 is 2.50 bits per heavy atom. The zero-order valence-corrected chi connectivity index (χ0v) is 11.0. The molecule has 0 unspecified atom stereocenters. The van der Waals surface area contributed by atoms with Crippen molar-refractivity contribution in [2.45, 2.75) is 6.92 Å². The van der Waals surface area contributed by atoms with Crippen molar-refractivity contribution >= 4 is 16.9 Å². The van der Waals surface area contributed by atoms with E-state index in [-0.39, 0.29) is 5.56 Å². The van der Waals surface area contributed by atoms with Crippen molar-refractivity contribution in [2.24, 2.45) is 0 Å². The quantitative estimate of drug-likeness (QED) is 0.762. The molecule has 3 heteroatoms. The highest BCUT2D eigenvalue weighted by molar-refractivity contribution is 5.95. The number of hydrogen-bond donors (Lipinski definition) is 1. The summed E-state index contributed by atoms with van der Waals surface area (Å²) in [6.45, 7) is 1.97. The Labute approximate surface area is 116 Å². The number of aromatic nitrogens is 1. The largest absolute Gasteiger partial charge is 0.478 e. The molecule has 98 valence electrons. The van der Waals surface area contributed by atoms with Crippen molar-refractivity contribution < 1.29 is 9.90 Å². The normalized spacial score (nSPS) is 10.7. The third-order valence-electron chi connectivity index (χ3n) is 3.33. The van der Waals surface area contributed by atoms with Gasteiger partial charge in [-0.2, -0.15) is 0 Å². The summed E-state index contributed by atoms with van der Waals surface area (Å²) in [5, 5.41) is 9.93. The van der Waals surface area contributed by atoms with E-state index in [1.165, 1.54) is 0 Å². The van der Waals surface area contributed by atoms with E-state index in [2.05, 4.69) is 4.98 Å². The van der Waals surface area contributed by atoms with Gasteiger partial charge in [0.1, 0.15) is 0 Å². The van der Waals surface area contributed by atoms with Gasteiger partial charge in [-0.3, -0.25) is 0 Å². The van der Waals surface area contributed by atoms with Crippen LogP contribution in [0.2, 0.25) is 0 Å². The summed E-state index contributed by atoms with van der Waals surface area (Å²) in [5.74, 6) is -0.918. The lowest BCUT2D eigenvalue weighted by atomic mass is 10.0. The Hall–Kier alpha value is -2.68. The number of benzene rings is 2. The van der Waals surface area contributed by atoms with Crippen LogP contribution in [-0.4, -0.2) is 16.1 Å². The fourth-order valence-electron chi connectivity index (χ4n) is 2.28. The fourth-order valence-corrected chi connectivity index (χ4v) is 2.28. The molecule has 0 saturated carbocycles. The van der Waals surface area contributed by atoms with Crippen molar-refractivity contribution in [1.82, 2.24) is 4.98 Å². The Morgan fingerprint density at radius 1 is 1.05 bits per heavy atom. The SMILES string of the molecule is Cc1cc(-c2ccccc2)nc2ccc(C(=O)O)cc12. The third-order valence-corrected chi connectivity index (χ3v) is 3.33. The smallest absolute Gasteiger partial charge is 0.335 e. The molecule has 0 fully saturated rings. The number of carbonyl (C=O) groups is 1. The third kappa shape index (κ3) is 2.14. The molecule has 1 heterocycles. The lowest BCUT2D eigenvalue weighted by molar-refractivity contribution is 0.0697. The molecular weight excluding hydrogens is 250 g/mol. The standard InChI is InChI=1S/C17H13NO2/c1-11-9-16(12-5-3-2-4-6-12)18-15-8-7-13(17(19)20)10-14(11)15/h2-10H,1H3,(H,19,20). The van der Waals surface area contributed by atoms with Gasteiger partial charge >= 0.3 is 5.97 Å². The van der Waals surface area contributed by atoms with Crippen LogP contribution in [0.3, 0.4) is 0 Å². The number of hydrogen-bond acceptors (Lipinski definition) is 2. The maximum atomic E-state index is 11.0. The predicted octanol–water partition coefficient (Wildman–Crippen LogP) is 3.91. The monoisotopic (exact) mass is 263 g/mol. The summed E-state index contributed by atoms with van der Waals surface area (Å²) in [6, 6.07) is 17.0. The van der Waals surface area contributed by atoms with Crippen LogP contribution in [0, 0.1) is 6.92 Å². The van der Waals surface area contributed by atoms with E-state index in [0.29, 0.717) is 0 Å². The lowest BCUT2D eigenvalue weighted by Crippen LogP contribution is -1.97. The molecule has 0 amide bonds. The van der Waals surface area contributed by atoms with Gasteiger partial charge in [0.25, 0.3) is 0 Å². The molecule has 3 rings (SSSR count). The van der Waals surface area contributed by atoms with E-state index in [0.717, 1.165) is 27.7 Å². The van der Waals surface area contributed by atoms with Gasteiger partial charge in [0.2, 0.25) is 0 Å². The topological polar surface area (TPSA) is 50.2 Å². The zero-order chi connectivity index (χ0) is 14.1. The number of carboxylic acid groups (broad SMARTS) is 1. The Kier molecular flexibility index (Phi) is 2.95. The highest BCUT2D eigenvalue weighted by Gasteiger charge is 2.08. The average molecular weight is 263 g/mol. The summed E-state index contributed by atoms with van der Waals surface area (Å²) in [7, 11) is 0. The van der Waals surface area contributed by atoms with Crippen LogP contribution in [-0.2, 0) is 0 Å². The van der Waals surface area contributed by atoms with Gasteiger partial charge < -0.3 is 5.11 Å². The van der Waals surface area contributed by atoms with E-state index in [1.807, 2.05) is 43.3 Å². The highest BCUT2D eigenvalue weighted by atomic mass is 16.4. The summed E-state index contributed by atoms with van der Waals surface area (Å²) in [5.41, 5.74) is 4.08. The van der Waals surface area contributed by atoms with Crippen LogP contribution in [0.4, 0.5) is 0 Å². The summed E-state index contributed by atoms with van der Waals surface area (Å²) in [4.78, 5) is 15.6. The first-order valence-corrected chi connectivity index (χ1v) is 6.35. The number of aryl methyl sites for hydroxylation is 1. The van der Waals surface area contributed by atoms with Crippen molar-refractivity contribution in [1.29, 1.82) is 0 Å². The maximum absolute atomic E-state index is 11.0. The number of aromatic carboxylic acids is 1. The second-order valence-electron chi connectivity index (χ2n) is 4.73. The van der Waals surface area contributed by atoms with Gasteiger partial charge in [-0.15, -0.1) is 0 Å². The molecular formula is C17H13NO2. The number of rotatable bonds is 2. The fraction of sp³-hybridized carbons (Fsp3) is 0.0588. The lowest BCUT2D eigenvalue weighted by Gasteiger charge is -2.07. The van der Waals surface area contributed by atoms with Gasteiger partial charge in [0, 0.05) is 10.9 Å². The number of pyridine rings is 1. The first-order chi connectivity index (χ1) is 9.65. The molecule has 0 aliphatic rings. The molecule has 2 aromatic carbocycles. The molecule has 20 heavy (non-hydrogen) atoms. The molecule has 0 spiro atoms. The number of fused-ring (bicyclic) bond motifs is 1. The first kappa shape index (κ1) is 12.4. The van der Waals surface area contributed by atoms with Gasteiger partial charge in [0.05, 0.1) is 16.8 Å². The highest BCUT2D eigenvalue weighted by Crippen LogP contribution is 2.25. The van der Waals surface area contributed by atoms with Crippen molar-refractivity contribution in [3.05, 3.63) is 65.7 Å². The molecule has 0 saturated heterocycles. The van der Waals surface area contributed by atoms with E-state index in [9.17, 15) is 4.79 Å². The summed E-state index contributed by atoms with van der Waals surface area (Å²) in [6.07, 6.45) is 0. The average Bonchev–Trinajstić information content (AvgIpc) is 2.47. The molecule has 0 aliphatic carbocycles. The van der Waals surface area contributed by atoms with Gasteiger partial charge in [-0.25, -0.2) is 9.78 Å². The van der Waals surface area contributed by atoms with E-state index in [4.69, 9.17) is 5.11 Å². The molecule has 1 N–H and O–H groups in total. The van der Waals surface area contributed by atoms with Crippen LogP contribution >= 0.6 is 0 Å². The zero-order valence-electron chi connectivity index (χ0n) is 11.0. The van der Waals surface area contributed by atoms with Gasteiger partial charge in [-0.05, 0) is 36.8 Å². The molecule has 0 bridgehead atoms. The molecule has 1 aromatic heterocycles. The minimum absolute atomic E-state index is 0.287. The summed E-state index contributed by atoms with van der Waals surface area (Å²) >= 11 is 0. The summed E-state index contributed by atoms with van der Waals surface area (Å²) < 4.78 is 0. The van der Waals surface area contributed by atoms with Gasteiger partial charge in [0.15, 0.2) is 0 Å². The van der Waals surface area contributed by atoms with Crippen LogP contribution in [0.1, 0.15) is 15.9 Å². The second-order valence-corrected chi connectivity index (χ2v) is 4.73. The molecule has 0 aliphatic heterocycles. The van der Waals surface area contributed by atoms with E-state index < -0.39 is 5.97 Å². The Bertz CT molecular complexity index is 795. The first-order valence-electron chi connectivity index (χ1n) is 6.35.